The van der Waals surface area contributed by atoms with Crippen LogP contribution in [-0.2, 0) is 0 Å². The fourth-order valence-corrected chi connectivity index (χ4v) is 3.20. The van der Waals surface area contributed by atoms with Crippen LogP contribution in [0.4, 0.5) is 17.3 Å². The summed E-state index contributed by atoms with van der Waals surface area (Å²) in [6.45, 7) is 3.41. The fraction of sp³-hybridized carbons (Fsp3) is 0.467. The summed E-state index contributed by atoms with van der Waals surface area (Å²) in [5.41, 5.74) is 6.07. The van der Waals surface area contributed by atoms with Crippen LogP contribution in [0.3, 0.4) is 0 Å². The van der Waals surface area contributed by atoms with Crippen molar-refractivity contribution in [3.05, 3.63) is 28.3 Å². The van der Waals surface area contributed by atoms with Crippen molar-refractivity contribution >= 4 is 40.5 Å². The molecule has 9 heteroatoms. The van der Waals surface area contributed by atoms with Crippen LogP contribution in [-0.4, -0.2) is 47.3 Å². The highest BCUT2D eigenvalue weighted by molar-refractivity contribution is 6.00. The highest BCUT2D eigenvalue weighted by Crippen LogP contribution is 2.35. The number of halogens is 1. The fourth-order valence-electron chi connectivity index (χ4n) is 3.20. The second kappa shape index (κ2) is 6.37. The van der Waals surface area contributed by atoms with E-state index >= 15 is 0 Å². The zero-order chi connectivity index (χ0) is 16.0. The molecule has 0 aliphatic carbocycles. The van der Waals surface area contributed by atoms with Crippen molar-refractivity contribution in [2.45, 2.75) is 18.9 Å². The largest absolute Gasteiger partial charge is 0.354 e. The summed E-state index contributed by atoms with van der Waals surface area (Å²) in [6.07, 6.45) is 2.03. The van der Waals surface area contributed by atoms with E-state index in [-0.39, 0.29) is 29.1 Å². The summed E-state index contributed by atoms with van der Waals surface area (Å²) >= 11 is 0. The molecule has 0 radical (unpaired) electrons. The number of aromatic nitrogens is 2. The highest BCUT2D eigenvalue weighted by Gasteiger charge is 2.26. The predicted molar refractivity (Wildman–Crippen MR) is 95.1 cm³/mol. The van der Waals surface area contributed by atoms with E-state index in [2.05, 4.69) is 20.0 Å². The molecule has 2 N–H and O–H groups in total. The summed E-state index contributed by atoms with van der Waals surface area (Å²) in [6, 6.07) is 5.06. The van der Waals surface area contributed by atoms with Crippen LogP contribution in [0.5, 0.6) is 0 Å². The summed E-state index contributed by atoms with van der Waals surface area (Å²) < 4.78 is 0. The Kier molecular flexibility index (Phi) is 4.42. The van der Waals surface area contributed by atoms with E-state index in [9.17, 15) is 10.1 Å². The minimum Gasteiger partial charge on any atom is -0.354 e. The molecule has 128 valence electrons. The van der Waals surface area contributed by atoms with E-state index in [1.165, 1.54) is 6.07 Å². The third kappa shape index (κ3) is 2.71. The van der Waals surface area contributed by atoms with Crippen molar-refractivity contribution in [1.82, 2.24) is 10.2 Å². The number of rotatable bonds is 3. The second-order valence-corrected chi connectivity index (χ2v) is 6.17. The van der Waals surface area contributed by atoms with Gasteiger partial charge in [-0.05, 0) is 18.9 Å². The number of hydrogen-bond donors (Lipinski definition) is 1. The van der Waals surface area contributed by atoms with Gasteiger partial charge in [-0.15, -0.1) is 22.6 Å². The summed E-state index contributed by atoms with van der Waals surface area (Å²) in [7, 11) is 0. The third-order valence-electron chi connectivity index (χ3n) is 4.62. The van der Waals surface area contributed by atoms with Gasteiger partial charge in [0.2, 0.25) is 0 Å². The van der Waals surface area contributed by atoms with Crippen molar-refractivity contribution in [1.29, 1.82) is 0 Å². The topological polar surface area (TPSA) is 101 Å². The zero-order valence-electron chi connectivity index (χ0n) is 13.1. The maximum absolute atomic E-state index is 11.1. The van der Waals surface area contributed by atoms with Crippen LogP contribution in [0, 0.1) is 10.1 Å². The highest BCUT2D eigenvalue weighted by atomic mass is 35.5. The molecule has 0 spiro atoms. The van der Waals surface area contributed by atoms with Crippen LogP contribution in [0.15, 0.2) is 18.2 Å². The number of anilines is 2. The Labute approximate surface area is 145 Å². The maximum atomic E-state index is 11.1. The lowest BCUT2D eigenvalue weighted by Gasteiger charge is -2.32. The summed E-state index contributed by atoms with van der Waals surface area (Å²) in [5.74, 6) is 1.51. The normalized spacial score (nSPS) is 20.0. The van der Waals surface area contributed by atoms with Gasteiger partial charge in [0.1, 0.15) is 0 Å². The lowest BCUT2D eigenvalue weighted by molar-refractivity contribution is -0.384. The van der Waals surface area contributed by atoms with E-state index in [0.29, 0.717) is 0 Å². The molecule has 2 aliphatic heterocycles. The van der Waals surface area contributed by atoms with E-state index in [0.717, 1.165) is 61.4 Å². The van der Waals surface area contributed by atoms with Crippen LogP contribution in [0.25, 0.3) is 10.8 Å². The Bertz CT molecular complexity index is 782. The standard InChI is InChI=1S/C15H18N6O2.ClH/c16-10-4-7-20(9-10)14-12-3-2-11(21(22)23)8-13(12)15(18-17-14)19-5-1-6-19;/h2-3,8,10H,1,4-7,9,16H2;1H/t10-;/m1./s1. The number of non-ortho nitro benzene ring substituents is 1. The molecule has 1 aromatic carbocycles. The molecule has 2 aliphatic rings. The van der Waals surface area contributed by atoms with E-state index in [1.54, 1.807) is 12.1 Å². The first kappa shape index (κ1) is 16.7. The van der Waals surface area contributed by atoms with E-state index in [4.69, 9.17) is 5.73 Å². The molecular weight excluding hydrogens is 332 g/mol. The van der Waals surface area contributed by atoms with Gasteiger partial charge in [0.15, 0.2) is 11.6 Å². The zero-order valence-corrected chi connectivity index (χ0v) is 13.9. The Hall–Kier alpha value is -2.19. The number of hydrogen-bond acceptors (Lipinski definition) is 7. The average Bonchev–Trinajstić information content (AvgIpc) is 2.91. The van der Waals surface area contributed by atoms with Gasteiger partial charge in [0.05, 0.1) is 4.92 Å². The van der Waals surface area contributed by atoms with Gasteiger partial charge in [0, 0.05) is 55.1 Å². The minimum absolute atomic E-state index is 0. The first-order valence-corrected chi connectivity index (χ1v) is 7.84. The lowest BCUT2D eigenvalue weighted by atomic mass is 10.1. The van der Waals surface area contributed by atoms with Gasteiger partial charge in [-0.2, -0.15) is 0 Å². The summed E-state index contributed by atoms with van der Waals surface area (Å²) in [5, 5.41) is 21.6. The predicted octanol–water partition coefficient (Wildman–Crippen LogP) is 1.71. The Morgan fingerprint density at radius 2 is 1.83 bits per heavy atom. The molecule has 24 heavy (non-hydrogen) atoms. The Morgan fingerprint density at radius 3 is 2.38 bits per heavy atom. The SMILES string of the molecule is Cl.N[C@@H]1CCN(c2nnc(N3CCC3)c3cc([N+](=O)[O-])ccc23)C1. The number of nitro groups is 1. The Balaban J connectivity index is 0.00000169. The lowest BCUT2D eigenvalue weighted by Crippen LogP contribution is -2.38. The van der Waals surface area contributed by atoms with Gasteiger partial charge < -0.3 is 15.5 Å². The number of fused-ring (bicyclic) bond motifs is 1. The van der Waals surface area contributed by atoms with E-state index < -0.39 is 0 Å². The molecule has 0 unspecified atom stereocenters. The number of nitrogens with zero attached hydrogens (tertiary/aromatic N) is 5. The van der Waals surface area contributed by atoms with Crippen molar-refractivity contribution < 1.29 is 4.92 Å². The molecule has 2 saturated heterocycles. The van der Waals surface area contributed by atoms with Crippen molar-refractivity contribution in [3.8, 4) is 0 Å². The maximum Gasteiger partial charge on any atom is 0.270 e. The molecule has 0 amide bonds. The molecule has 4 rings (SSSR count). The second-order valence-electron chi connectivity index (χ2n) is 6.17. The average molecular weight is 351 g/mol. The van der Waals surface area contributed by atoms with Crippen molar-refractivity contribution in [2.24, 2.45) is 5.73 Å². The number of benzene rings is 1. The quantitative estimate of drug-likeness (QED) is 0.664. The van der Waals surface area contributed by atoms with Crippen molar-refractivity contribution in [3.63, 3.8) is 0 Å². The van der Waals surface area contributed by atoms with Crippen LogP contribution in [0.1, 0.15) is 12.8 Å². The third-order valence-corrected chi connectivity index (χ3v) is 4.62. The van der Waals surface area contributed by atoms with Crippen LogP contribution >= 0.6 is 12.4 Å². The smallest absolute Gasteiger partial charge is 0.270 e. The van der Waals surface area contributed by atoms with Gasteiger partial charge in [-0.3, -0.25) is 10.1 Å². The first-order valence-electron chi connectivity index (χ1n) is 7.84. The van der Waals surface area contributed by atoms with Gasteiger partial charge in [0.25, 0.3) is 5.69 Å². The molecule has 0 saturated carbocycles. The molecule has 0 bridgehead atoms. The molecule has 1 atom stereocenters. The molecular formula is C15H19ClN6O2. The van der Waals surface area contributed by atoms with Crippen molar-refractivity contribution in [2.75, 3.05) is 36.0 Å². The van der Waals surface area contributed by atoms with E-state index in [1.807, 2.05) is 0 Å². The molecule has 2 aromatic rings. The summed E-state index contributed by atoms with van der Waals surface area (Å²) in [4.78, 5) is 15.0. The minimum atomic E-state index is -0.370. The van der Waals surface area contributed by atoms with Crippen LogP contribution < -0.4 is 15.5 Å². The molecule has 3 heterocycles. The van der Waals surface area contributed by atoms with Crippen LogP contribution in [0.2, 0.25) is 0 Å². The number of nitrogens with two attached hydrogens (primary N) is 1. The molecule has 8 nitrogen and oxygen atoms in total. The number of nitro benzene ring substituents is 1. The Morgan fingerprint density at radius 1 is 1.12 bits per heavy atom. The van der Waals surface area contributed by atoms with Gasteiger partial charge in [-0.1, -0.05) is 0 Å². The first-order chi connectivity index (χ1) is 11.1. The van der Waals surface area contributed by atoms with Gasteiger partial charge >= 0.3 is 0 Å². The molecule has 1 aromatic heterocycles. The molecule has 2 fully saturated rings. The monoisotopic (exact) mass is 350 g/mol. The van der Waals surface area contributed by atoms with Gasteiger partial charge in [-0.25, -0.2) is 0 Å².